The Bertz CT molecular complexity index is 551. The molecule has 0 radical (unpaired) electrons. The highest BCUT2D eigenvalue weighted by molar-refractivity contribution is 5.75. The van der Waals surface area contributed by atoms with Gasteiger partial charge in [-0.2, -0.15) is 0 Å². The molecule has 0 bridgehead atoms. The first-order valence-corrected chi connectivity index (χ1v) is 7.86. The zero-order chi connectivity index (χ0) is 16.2. The van der Waals surface area contributed by atoms with Gasteiger partial charge in [0.1, 0.15) is 6.54 Å². The summed E-state index contributed by atoms with van der Waals surface area (Å²) in [5, 5.41) is 10.9. The molecule has 0 unspecified atom stereocenters. The van der Waals surface area contributed by atoms with E-state index >= 15 is 0 Å². The number of nitro groups is 1. The topological polar surface area (TPSA) is 63.5 Å². The second-order valence-electron chi connectivity index (χ2n) is 5.92. The minimum Gasteiger partial charge on any atom is -0.331 e. The summed E-state index contributed by atoms with van der Waals surface area (Å²) in [5.74, 6) is 0.212. The standard InChI is InChI=1S/C16H24N3O3/c1-3-16(20)17-8-10-19(4-2,11-9-17)13-14-6-5-7-15(12-14)18(21)22/h5-7,12H,3-4,8-11,13H2,1-2H3/q+1. The van der Waals surface area contributed by atoms with Gasteiger partial charge in [0.05, 0.1) is 37.6 Å². The van der Waals surface area contributed by atoms with Crippen LogP contribution in [0.2, 0.25) is 0 Å². The summed E-state index contributed by atoms with van der Waals surface area (Å²) >= 11 is 0. The fraction of sp³-hybridized carbons (Fsp3) is 0.562. The molecular weight excluding hydrogens is 282 g/mol. The lowest BCUT2D eigenvalue weighted by Gasteiger charge is -2.44. The molecule has 1 heterocycles. The minimum atomic E-state index is -0.350. The lowest BCUT2D eigenvalue weighted by molar-refractivity contribution is -0.942. The highest BCUT2D eigenvalue weighted by Crippen LogP contribution is 2.21. The molecule has 6 nitrogen and oxygen atoms in total. The van der Waals surface area contributed by atoms with E-state index in [1.807, 2.05) is 17.9 Å². The normalized spacial score (nSPS) is 17.3. The van der Waals surface area contributed by atoms with E-state index < -0.39 is 0 Å². The molecular formula is C16H24N3O3+. The first kappa shape index (κ1) is 16.4. The van der Waals surface area contributed by atoms with Crippen molar-refractivity contribution in [1.29, 1.82) is 0 Å². The van der Waals surface area contributed by atoms with Crippen LogP contribution in [0.15, 0.2) is 24.3 Å². The van der Waals surface area contributed by atoms with Crippen LogP contribution in [0.5, 0.6) is 0 Å². The van der Waals surface area contributed by atoms with E-state index in [0.717, 1.165) is 49.3 Å². The number of likely N-dealkylation sites (N-methyl/N-ethyl adjacent to an activating group) is 1. The second-order valence-corrected chi connectivity index (χ2v) is 5.92. The molecule has 120 valence electrons. The van der Waals surface area contributed by atoms with E-state index in [1.165, 1.54) is 6.07 Å². The lowest BCUT2D eigenvalue weighted by Crippen LogP contribution is -2.59. The number of non-ortho nitro benzene ring substituents is 1. The van der Waals surface area contributed by atoms with Gasteiger partial charge in [0.2, 0.25) is 5.91 Å². The van der Waals surface area contributed by atoms with Gasteiger partial charge in [-0.1, -0.05) is 19.1 Å². The molecule has 0 saturated carbocycles. The van der Waals surface area contributed by atoms with Crippen LogP contribution in [0.25, 0.3) is 0 Å². The van der Waals surface area contributed by atoms with Crippen molar-refractivity contribution < 1.29 is 14.2 Å². The Kier molecular flexibility index (Phi) is 5.13. The van der Waals surface area contributed by atoms with Crippen LogP contribution in [-0.4, -0.2) is 52.9 Å². The van der Waals surface area contributed by atoms with Gasteiger partial charge in [-0.05, 0) is 6.92 Å². The predicted molar refractivity (Wildman–Crippen MR) is 84.2 cm³/mol. The summed E-state index contributed by atoms with van der Waals surface area (Å²) in [6.07, 6.45) is 0.553. The highest BCUT2D eigenvalue weighted by Gasteiger charge is 2.33. The monoisotopic (exact) mass is 306 g/mol. The van der Waals surface area contributed by atoms with Crippen molar-refractivity contribution in [2.24, 2.45) is 0 Å². The molecule has 0 spiro atoms. The molecule has 1 aromatic rings. The highest BCUT2D eigenvalue weighted by atomic mass is 16.6. The van der Waals surface area contributed by atoms with Gasteiger partial charge >= 0.3 is 0 Å². The summed E-state index contributed by atoms with van der Waals surface area (Å²) in [4.78, 5) is 24.3. The number of benzene rings is 1. The summed E-state index contributed by atoms with van der Waals surface area (Å²) in [6, 6.07) is 6.89. The summed E-state index contributed by atoms with van der Waals surface area (Å²) in [6.45, 7) is 9.15. The summed E-state index contributed by atoms with van der Waals surface area (Å²) in [7, 11) is 0. The van der Waals surface area contributed by atoms with Crippen molar-refractivity contribution in [3.8, 4) is 0 Å². The number of piperazine rings is 1. The van der Waals surface area contributed by atoms with Gasteiger partial charge in [-0.15, -0.1) is 0 Å². The molecule has 0 aliphatic carbocycles. The molecule has 6 heteroatoms. The third-order valence-electron chi connectivity index (χ3n) is 4.65. The zero-order valence-corrected chi connectivity index (χ0v) is 13.3. The Morgan fingerprint density at radius 1 is 1.32 bits per heavy atom. The summed E-state index contributed by atoms with van der Waals surface area (Å²) < 4.78 is 0.884. The molecule has 1 aromatic carbocycles. The van der Waals surface area contributed by atoms with Crippen LogP contribution in [-0.2, 0) is 11.3 Å². The lowest BCUT2D eigenvalue weighted by atomic mass is 10.1. The number of quaternary nitrogens is 1. The van der Waals surface area contributed by atoms with Crippen molar-refractivity contribution in [2.45, 2.75) is 26.8 Å². The Morgan fingerprint density at radius 2 is 2.00 bits per heavy atom. The number of hydrogen-bond acceptors (Lipinski definition) is 3. The van der Waals surface area contributed by atoms with Crippen molar-refractivity contribution >= 4 is 11.6 Å². The van der Waals surface area contributed by atoms with Gasteiger partial charge in [-0.3, -0.25) is 14.9 Å². The maximum atomic E-state index is 11.8. The van der Waals surface area contributed by atoms with Crippen molar-refractivity contribution in [3.63, 3.8) is 0 Å². The number of carbonyl (C=O) groups excluding carboxylic acids is 1. The average Bonchev–Trinajstić information content (AvgIpc) is 2.55. The van der Waals surface area contributed by atoms with Crippen LogP contribution in [0.4, 0.5) is 5.69 Å². The Balaban J connectivity index is 2.08. The zero-order valence-electron chi connectivity index (χ0n) is 13.3. The molecule has 1 aliphatic rings. The molecule has 0 N–H and O–H groups in total. The van der Waals surface area contributed by atoms with Gasteiger partial charge in [-0.25, -0.2) is 0 Å². The van der Waals surface area contributed by atoms with E-state index in [2.05, 4.69) is 6.92 Å². The third-order valence-corrected chi connectivity index (χ3v) is 4.65. The van der Waals surface area contributed by atoms with Crippen LogP contribution in [0.1, 0.15) is 25.8 Å². The quantitative estimate of drug-likeness (QED) is 0.476. The van der Waals surface area contributed by atoms with E-state index in [9.17, 15) is 14.9 Å². The molecule has 0 atom stereocenters. The Labute approximate surface area is 131 Å². The number of nitrogens with zero attached hydrogens (tertiary/aromatic N) is 3. The SMILES string of the molecule is CCC(=O)N1CC[N+](CC)(Cc2cccc([N+](=O)[O-])c2)CC1. The molecule has 2 rings (SSSR count). The Morgan fingerprint density at radius 3 is 2.55 bits per heavy atom. The largest absolute Gasteiger partial charge is 0.331 e. The number of rotatable bonds is 5. The Hall–Kier alpha value is -1.95. The van der Waals surface area contributed by atoms with Gasteiger partial charge in [0, 0.05) is 24.1 Å². The third kappa shape index (κ3) is 3.62. The van der Waals surface area contributed by atoms with Gasteiger partial charge < -0.3 is 9.38 Å². The van der Waals surface area contributed by atoms with Crippen LogP contribution < -0.4 is 0 Å². The average molecular weight is 306 g/mol. The molecule has 1 fully saturated rings. The molecule has 0 aromatic heterocycles. The van der Waals surface area contributed by atoms with Crippen molar-refractivity contribution in [2.75, 3.05) is 32.7 Å². The molecule has 22 heavy (non-hydrogen) atoms. The number of carbonyl (C=O) groups is 1. The second kappa shape index (κ2) is 6.87. The summed E-state index contributed by atoms with van der Waals surface area (Å²) in [5.41, 5.74) is 1.14. The van der Waals surface area contributed by atoms with Crippen LogP contribution in [0.3, 0.4) is 0 Å². The first-order valence-electron chi connectivity index (χ1n) is 7.86. The minimum absolute atomic E-state index is 0.145. The fourth-order valence-corrected chi connectivity index (χ4v) is 3.10. The van der Waals surface area contributed by atoms with Crippen LogP contribution in [0, 0.1) is 10.1 Å². The number of amides is 1. The van der Waals surface area contributed by atoms with E-state index in [-0.39, 0.29) is 16.5 Å². The molecule has 1 saturated heterocycles. The van der Waals surface area contributed by atoms with Gasteiger partial charge in [0.15, 0.2) is 0 Å². The number of nitro benzene ring substituents is 1. The molecule has 1 amide bonds. The molecule has 1 aliphatic heterocycles. The first-order chi connectivity index (χ1) is 10.5. The van der Waals surface area contributed by atoms with Crippen molar-refractivity contribution in [3.05, 3.63) is 39.9 Å². The smallest absolute Gasteiger partial charge is 0.269 e. The fourth-order valence-electron chi connectivity index (χ4n) is 3.10. The maximum Gasteiger partial charge on any atom is 0.269 e. The van der Waals surface area contributed by atoms with E-state index in [0.29, 0.717) is 6.42 Å². The van der Waals surface area contributed by atoms with E-state index in [1.54, 1.807) is 12.1 Å². The van der Waals surface area contributed by atoms with E-state index in [4.69, 9.17) is 0 Å². The van der Waals surface area contributed by atoms with Crippen molar-refractivity contribution in [1.82, 2.24) is 4.90 Å². The number of hydrogen-bond donors (Lipinski definition) is 0. The maximum absolute atomic E-state index is 11.8. The van der Waals surface area contributed by atoms with Crippen LogP contribution >= 0.6 is 0 Å². The predicted octanol–water partition coefficient (Wildman–Crippen LogP) is 2.18. The van der Waals surface area contributed by atoms with Gasteiger partial charge in [0.25, 0.3) is 5.69 Å².